The van der Waals surface area contributed by atoms with Crippen molar-refractivity contribution in [3.05, 3.63) is 107 Å². The van der Waals surface area contributed by atoms with E-state index in [-0.39, 0.29) is 5.92 Å². The normalized spacial score (nSPS) is 16.5. The average molecular weight is 368 g/mol. The molecule has 0 heterocycles. The average Bonchev–Trinajstić information content (AvgIpc) is 3.14. The summed E-state index contributed by atoms with van der Waals surface area (Å²) in [6.07, 6.45) is 4.81. The highest BCUT2D eigenvalue weighted by atomic mass is 14.9. The first-order valence-electron chi connectivity index (χ1n) is 10.5. The second kappa shape index (κ2) is 8.58. The van der Waals surface area contributed by atoms with E-state index in [2.05, 4.69) is 104 Å². The molecule has 142 valence electrons. The van der Waals surface area contributed by atoms with Crippen LogP contribution < -0.4 is 5.32 Å². The lowest BCUT2D eigenvalue weighted by Crippen LogP contribution is -2.21. The predicted molar refractivity (Wildman–Crippen MR) is 120 cm³/mol. The van der Waals surface area contributed by atoms with Crippen molar-refractivity contribution in [2.45, 2.75) is 38.6 Å². The van der Waals surface area contributed by atoms with Gasteiger partial charge in [0, 0.05) is 12.0 Å². The zero-order valence-corrected chi connectivity index (χ0v) is 16.9. The first-order chi connectivity index (χ1) is 13.8. The van der Waals surface area contributed by atoms with Gasteiger partial charge in [-0.1, -0.05) is 92.2 Å². The van der Waals surface area contributed by atoms with Crippen LogP contribution in [0.25, 0.3) is 11.6 Å². The van der Waals surface area contributed by atoms with Gasteiger partial charge >= 0.3 is 0 Å². The van der Waals surface area contributed by atoms with Crippen LogP contribution in [-0.2, 0) is 0 Å². The number of hydrogen-bond acceptors (Lipinski definition) is 1. The monoisotopic (exact) mass is 367 g/mol. The molecule has 2 unspecified atom stereocenters. The Morgan fingerprint density at radius 2 is 1.50 bits per heavy atom. The van der Waals surface area contributed by atoms with E-state index in [1.165, 1.54) is 46.2 Å². The Morgan fingerprint density at radius 3 is 2.29 bits per heavy atom. The molecule has 1 heteroatoms. The minimum atomic E-state index is 0.283. The fourth-order valence-corrected chi connectivity index (χ4v) is 4.31. The Labute approximate surface area is 169 Å². The van der Waals surface area contributed by atoms with Crippen molar-refractivity contribution in [1.82, 2.24) is 5.32 Å². The van der Waals surface area contributed by atoms with Gasteiger partial charge in [0.2, 0.25) is 0 Å². The molecule has 1 nitrogen and oxygen atoms in total. The van der Waals surface area contributed by atoms with E-state index in [1.807, 2.05) is 0 Å². The van der Waals surface area contributed by atoms with Crippen molar-refractivity contribution < 1.29 is 0 Å². The van der Waals surface area contributed by atoms with Crippen molar-refractivity contribution in [2.75, 3.05) is 6.54 Å². The van der Waals surface area contributed by atoms with Crippen molar-refractivity contribution in [3.8, 4) is 0 Å². The minimum Gasteiger partial charge on any atom is -0.310 e. The van der Waals surface area contributed by atoms with Crippen LogP contribution in [0.3, 0.4) is 0 Å². The van der Waals surface area contributed by atoms with Crippen LogP contribution in [0.15, 0.2) is 78.9 Å². The number of unbranched alkanes of at least 4 members (excludes halogenated alkanes) is 1. The Bertz CT molecular complexity index is 955. The molecule has 0 amide bonds. The molecule has 0 radical (unpaired) electrons. The maximum Gasteiger partial charge on any atom is 0.0355 e. The van der Waals surface area contributed by atoms with E-state index in [0.717, 1.165) is 6.54 Å². The second-order valence-corrected chi connectivity index (χ2v) is 7.69. The topological polar surface area (TPSA) is 12.0 Å². The number of hydrogen-bond donors (Lipinski definition) is 1. The molecule has 0 spiro atoms. The van der Waals surface area contributed by atoms with Crippen molar-refractivity contribution in [2.24, 2.45) is 0 Å². The van der Waals surface area contributed by atoms with Crippen LogP contribution in [0, 0.1) is 0 Å². The summed E-state index contributed by atoms with van der Waals surface area (Å²) in [6.45, 7) is 5.60. The predicted octanol–water partition coefficient (Wildman–Crippen LogP) is 6.82. The maximum atomic E-state index is 3.72. The Hall–Kier alpha value is -2.64. The molecular formula is C27H29N. The van der Waals surface area contributed by atoms with Gasteiger partial charge in [-0.15, -0.1) is 0 Å². The summed E-state index contributed by atoms with van der Waals surface area (Å²) >= 11 is 0. The molecule has 1 aliphatic rings. The van der Waals surface area contributed by atoms with Crippen LogP contribution >= 0.6 is 0 Å². The molecule has 3 aromatic rings. The van der Waals surface area contributed by atoms with E-state index in [9.17, 15) is 0 Å². The molecular weight excluding hydrogens is 338 g/mol. The molecule has 0 bridgehead atoms. The van der Waals surface area contributed by atoms with Crippen LogP contribution in [0.5, 0.6) is 0 Å². The molecule has 0 aliphatic heterocycles. The summed E-state index contributed by atoms with van der Waals surface area (Å²) in [6, 6.07) is 29.0. The van der Waals surface area contributed by atoms with Gasteiger partial charge in [-0.25, -0.2) is 0 Å². The fraction of sp³-hybridized carbons (Fsp3) is 0.259. The molecule has 4 rings (SSSR count). The minimum absolute atomic E-state index is 0.283. The third-order valence-corrected chi connectivity index (χ3v) is 5.79. The summed E-state index contributed by atoms with van der Waals surface area (Å²) in [5.41, 5.74) is 8.28. The van der Waals surface area contributed by atoms with E-state index in [1.54, 1.807) is 0 Å². The van der Waals surface area contributed by atoms with Crippen molar-refractivity contribution >= 4 is 11.6 Å². The van der Waals surface area contributed by atoms with Crippen LogP contribution in [0.2, 0.25) is 0 Å². The highest BCUT2D eigenvalue weighted by Gasteiger charge is 2.29. The third kappa shape index (κ3) is 3.68. The zero-order chi connectivity index (χ0) is 19.3. The van der Waals surface area contributed by atoms with Gasteiger partial charge in [-0.05, 0) is 59.4 Å². The lowest BCUT2D eigenvalue weighted by molar-refractivity contribution is 0.551. The van der Waals surface area contributed by atoms with E-state index in [0.29, 0.717) is 6.04 Å². The van der Waals surface area contributed by atoms with Gasteiger partial charge in [0.05, 0.1) is 0 Å². The first-order valence-corrected chi connectivity index (χ1v) is 10.5. The molecule has 0 saturated carbocycles. The van der Waals surface area contributed by atoms with Gasteiger partial charge in [0.15, 0.2) is 0 Å². The van der Waals surface area contributed by atoms with E-state index >= 15 is 0 Å². The second-order valence-electron chi connectivity index (χ2n) is 7.69. The molecule has 2 atom stereocenters. The molecule has 28 heavy (non-hydrogen) atoms. The largest absolute Gasteiger partial charge is 0.310 e. The molecule has 1 N–H and O–H groups in total. The summed E-state index contributed by atoms with van der Waals surface area (Å²) in [4.78, 5) is 0. The van der Waals surface area contributed by atoms with Crippen molar-refractivity contribution in [1.29, 1.82) is 0 Å². The molecule has 0 aromatic heterocycles. The Kier molecular flexibility index (Phi) is 5.73. The number of benzene rings is 3. The summed E-state index contributed by atoms with van der Waals surface area (Å²) in [7, 11) is 0. The standard InChI is InChI=1S/C27H29N/c1-3-4-18-28-20(2)23-15-10-11-17-25(23)27-24-16-9-8-14-22(24)19-26(27)21-12-6-5-7-13-21/h5-17,19-20,27-28H,3-4,18H2,1-2H3. The number of rotatable bonds is 7. The quantitative estimate of drug-likeness (QED) is 0.452. The van der Waals surface area contributed by atoms with Gasteiger partial charge in [-0.2, -0.15) is 0 Å². The molecule has 3 aromatic carbocycles. The number of fused-ring (bicyclic) bond motifs is 1. The zero-order valence-electron chi connectivity index (χ0n) is 16.9. The highest BCUT2D eigenvalue weighted by Crippen LogP contribution is 2.47. The lowest BCUT2D eigenvalue weighted by atomic mass is 9.82. The van der Waals surface area contributed by atoms with E-state index < -0.39 is 0 Å². The summed E-state index contributed by atoms with van der Waals surface area (Å²) in [5.74, 6) is 0.283. The van der Waals surface area contributed by atoms with E-state index in [4.69, 9.17) is 0 Å². The number of nitrogens with one attached hydrogen (secondary N) is 1. The smallest absolute Gasteiger partial charge is 0.0355 e. The number of allylic oxidation sites excluding steroid dienone is 1. The van der Waals surface area contributed by atoms with Gasteiger partial charge in [-0.3, -0.25) is 0 Å². The lowest BCUT2D eigenvalue weighted by Gasteiger charge is -2.24. The fourth-order valence-electron chi connectivity index (χ4n) is 4.31. The molecule has 1 aliphatic carbocycles. The van der Waals surface area contributed by atoms with Gasteiger partial charge < -0.3 is 5.32 Å². The van der Waals surface area contributed by atoms with Crippen LogP contribution in [-0.4, -0.2) is 6.54 Å². The molecule has 0 saturated heterocycles. The Balaban J connectivity index is 1.78. The summed E-state index contributed by atoms with van der Waals surface area (Å²) in [5, 5.41) is 3.72. The van der Waals surface area contributed by atoms with Crippen LogP contribution in [0.1, 0.15) is 66.5 Å². The molecule has 0 fully saturated rings. The van der Waals surface area contributed by atoms with Gasteiger partial charge in [0.25, 0.3) is 0 Å². The SMILES string of the molecule is CCCCNC(C)c1ccccc1C1C(c2ccccc2)=Cc2ccccc21. The first kappa shape index (κ1) is 18.7. The van der Waals surface area contributed by atoms with Gasteiger partial charge in [0.1, 0.15) is 0 Å². The van der Waals surface area contributed by atoms with Crippen LogP contribution in [0.4, 0.5) is 0 Å². The van der Waals surface area contributed by atoms with Crippen molar-refractivity contribution in [3.63, 3.8) is 0 Å². The highest BCUT2D eigenvalue weighted by molar-refractivity contribution is 5.93. The summed E-state index contributed by atoms with van der Waals surface area (Å²) < 4.78 is 0. The Morgan fingerprint density at radius 1 is 0.821 bits per heavy atom. The maximum absolute atomic E-state index is 3.72. The third-order valence-electron chi connectivity index (χ3n) is 5.79.